The smallest absolute Gasteiger partial charge is 0.290 e. The maximum atomic E-state index is 12.5. The van der Waals surface area contributed by atoms with Crippen LogP contribution in [0.15, 0.2) is 33.5 Å². The minimum atomic E-state index is -0.0739. The standard InChI is InChI=1S/C16H20BrN3O/c1-19-15(11-6-2-3-7-11)14(18)16(21)20(19)10-12-8-4-5-9-13(12)17/h4-5,8-9,11H,2-3,6-7,10,18H2,1H3. The first-order chi connectivity index (χ1) is 10.1. The maximum absolute atomic E-state index is 12.5. The van der Waals surface area contributed by atoms with Gasteiger partial charge in [0.25, 0.3) is 5.56 Å². The monoisotopic (exact) mass is 349 g/mol. The van der Waals surface area contributed by atoms with Gasteiger partial charge in [-0.25, -0.2) is 4.68 Å². The van der Waals surface area contributed by atoms with E-state index < -0.39 is 0 Å². The summed E-state index contributed by atoms with van der Waals surface area (Å²) in [7, 11) is 1.95. The summed E-state index contributed by atoms with van der Waals surface area (Å²) in [6, 6.07) is 7.97. The zero-order valence-corrected chi connectivity index (χ0v) is 13.8. The summed E-state index contributed by atoms with van der Waals surface area (Å²) in [5, 5.41) is 0. The van der Waals surface area contributed by atoms with E-state index in [0.29, 0.717) is 18.2 Å². The van der Waals surface area contributed by atoms with Crippen molar-refractivity contribution < 1.29 is 0 Å². The number of aromatic nitrogens is 2. The maximum Gasteiger partial charge on any atom is 0.290 e. The van der Waals surface area contributed by atoms with Gasteiger partial charge in [0.15, 0.2) is 0 Å². The predicted octanol–water partition coefficient (Wildman–Crippen LogP) is 3.24. The second kappa shape index (κ2) is 5.72. The zero-order valence-electron chi connectivity index (χ0n) is 12.2. The number of halogens is 1. The Balaban J connectivity index is 2.02. The molecule has 0 spiro atoms. The molecule has 1 heterocycles. The van der Waals surface area contributed by atoms with Crippen LogP contribution < -0.4 is 11.3 Å². The fraction of sp³-hybridized carbons (Fsp3) is 0.438. The second-order valence-electron chi connectivity index (χ2n) is 5.76. The molecule has 0 atom stereocenters. The van der Waals surface area contributed by atoms with Gasteiger partial charge >= 0.3 is 0 Å². The van der Waals surface area contributed by atoms with E-state index in [2.05, 4.69) is 15.9 Å². The Labute approximate surface area is 132 Å². The molecule has 2 aromatic rings. The van der Waals surface area contributed by atoms with E-state index in [1.807, 2.05) is 36.0 Å². The molecule has 5 heteroatoms. The molecule has 1 aromatic heterocycles. The Hall–Kier alpha value is -1.49. The van der Waals surface area contributed by atoms with Crippen LogP contribution in [0.4, 0.5) is 5.69 Å². The van der Waals surface area contributed by atoms with Gasteiger partial charge in [-0.2, -0.15) is 0 Å². The van der Waals surface area contributed by atoms with Crippen LogP contribution in [-0.2, 0) is 13.6 Å². The van der Waals surface area contributed by atoms with Crippen molar-refractivity contribution >= 4 is 21.6 Å². The molecule has 1 aliphatic rings. The molecule has 1 saturated carbocycles. The molecule has 112 valence electrons. The van der Waals surface area contributed by atoms with Crippen molar-refractivity contribution in [2.75, 3.05) is 5.73 Å². The van der Waals surface area contributed by atoms with Gasteiger partial charge in [-0.15, -0.1) is 0 Å². The highest BCUT2D eigenvalue weighted by Gasteiger charge is 2.26. The first-order valence-electron chi connectivity index (χ1n) is 7.38. The summed E-state index contributed by atoms with van der Waals surface area (Å²) in [5.74, 6) is 0.433. The van der Waals surface area contributed by atoms with Crippen molar-refractivity contribution in [3.63, 3.8) is 0 Å². The number of hydrogen-bond acceptors (Lipinski definition) is 2. The molecular formula is C16H20BrN3O. The summed E-state index contributed by atoms with van der Waals surface area (Å²) >= 11 is 3.54. The van der Waals surface area contributed by atoms with Gasteiger partial charge in [0.2, 0.25) is 0 Å². The lowest BCUT2D eigenvalue weighted by molar-refractivity contribution is 0.497. The first-order valence-corrected chi connectivity index (χ1v) is 8.17. The molecule has 1 aromatic carbocycles. The molecule has 21 heavy (non-hydrogen) atoms. The molecular weight excluding hydrogens is 330 g/mol. The van der Waals surface area contributed by atoms with Crippen LogP contribution in [0.3, 0.4) is 0 Å². The highest BCUT2D eigenvalue weighted by Crippen LogP contribution is 2.35. The summed E-state index contributed by atoms with van der Waals surface area (Å²) in [6.45, 7) is 0.535. The van der Waals surface area contributed by atoms with Gasteiger partial charge in [-0.1, -0.05) is 47.0 Å². The molecule has 0 radical (unpaired) electrons. The largest absolute Gasteiger partial charge is 0.393 e. The molecule has 1 aliphatic carbocycles. The van der Waals surface area contributed by atoms with E-state index in [1.165, 1.54) is 12.8 Å². The number of nitrogens with two attached hydrogens (primary N) is 1. The molecule has 0 bridgehead atoms. The summed E-state index contributed by atoms with van der Waals surface area (Å²) in [5.41, 5.74) is 8.56. The molecule has 0 unspecified atom stereocenters. The molecule has 3 rings (SSSR count). The molecule has 2 N–H and O–H groups in total. The molecule has 0 amide bonds. The topological polar surface area (TPSA) is 52.9 Å². The lowest BCUT2D eigenvalue weighted by Crippen LogP contribution is -2.23. The van der Waals surface area contributed by atoms with Gasteiger partial charge in [-0.3, -0.25) is 9.48 Å². The van der Waals surface area contributed by atoms with E-state index >= 15 is 0 Å². The fourth-order valence-electron chi connectivity index (χ4n) is 3.34. The molecule has 0 aliphatic heterocycles. The Bertz CT molecular complexity index is 711. The number of nitrogen functional groups attached to an aromatic ring is 1. The average molecular weight is 350 g/mol. The summed E-state index contributed by atoms with van der Waals surface area (Å²) < 4.78 is 4.72. The number of anilines is 1. The van der Waals surface area contributed by atoms with E-state index in [1.54, 1.807) is 4.68 Å². The Morgan fingerprint density at radius 2 is 1.95 bits per heavy atom. The van der Waals surface area contributed by atoms with Gasteiger partial charge < -0.3 is 5.73 Å². The van der Waals surface area contributed by atoms with E-state index in [9.17, 15) is 4.79 Å². The Morgan fingerprint density at radius 1 is 1.29 bits per heavy atom. The summed E-state index contributed by atoms with van der Waals surface area (Å²) in [6.07, 6.45) is 4.73. The van der Waals surface area contributed by atoms with Crippen LogP contribution in [0.25, 0.3) is 0 Å². The summed E-state index contributed by atoms with van der Waals surface area (Å²) in [4.78, 5) is 12.5. The first kappa shape index (κ1) is 14.4. The lowest BCUT2D eigenvalue weighted by Gasteiger charge is -2.14. The molecule has 4 nitrogen and oxygen atoms in total. The molecule has 1 fully saturated rings. The highest BCUT2D eigenvalue weighted by atomic mass is 79.9. The second-order valence-corrected chi connectivity index (χ2v) is 6.61. The normalized spacial score (nSPS) is 15.7. The fourth-order valence-corrected chi connectivity index (χ4v) is 3.75. The predicted molar refractivity (Wildman–Crippen MR) is 88.5 cm³/mol. The van der Waals surface area contributed by atoms with Crippen molar-refractivity contribution in [1.82, 2.24) is 9.36 Å². The van der Waals surface area contributed by atoms with E-state index in [0.717, 1.165) is 28.6 Å². The minimum absolute atomic E-state index is 0.0739. The van der Waals surface area contributed by atoms with Gasteiger partial charge in [0.1, 0.15) is 5.69 Å². The molecule has 0 saturated heterocycles. The lowest BCUT2D eigenvalue weighted by atomic mass is 10.0. The highest BCUT2D eigenvalue weighted by molar-refractivity contribution is 9.10. The van der Waals surface area contributed by atoms with Crippen molar-refractivity contribution in [2.24, 2.45) is 7.05 Å². The minimum Gasteiger partial charge on any atom is -0.393 e. The number of nitrogens with zero attached hydrogens (tertiary/aromatic N) is 2. The third-order valence-electron chi connectivity index (χ3n) is 4.47. The Morgan fingerprint density at radius 3 is 2.62 bits per heavy atom. The van der Waals surface area contributed by atoms with Gasteiger partial charge in [0, 0.05) is 17.4 Å². The number of benzene rings is 1. The van der Waals surface area contributed by atoms with Crippen molar-refractivity contribution in [1.29, 1.82) is 0 Å². The van der Waals surface area contributed by atoms with Crippen molar-refractivity contribution in [3.8, 4) is 0 Å². The number of rotatable bonds is 3. The van der Waals surface area contributed by atoms with Crippen molar-refractivity contribution in [3.05, 3.63) is 50.3 Å². The van der Waals surface area contributed by atoms with Crippen LogP contribution >= 0.6 is 15.9 Å². The third-order valence-corrected chi connectivity index (χ3v) is 5.25. The zero-order chi connectivity index (χ0) is 15.0. The number of hydrogen-bond donors (Lipinski definition) is 1. The Kier molecular flexibility index (Phi) is 3.93. The van der Waals surface area contributed by atoms with E-state index in [4.69, 9.17) is 5.73 Å². The van der Waals surface area contributed by atoms with Gasteiger partial charge in [-0.05, 0) is 24.5 Å². The van der Waals surface area contributed by atoms with E-state index in [-0.39, 0.29) is 5.56 Å². The van der Waals surface area contributed by atoms with Crippen LogP contribution in [0.5, 0.6) is 0 Å². The van der Waals surface area contributed by atoms with Crippen LogP contribution in [0.2, 0.25) is 0 Å². The SMILES string of the molecule is Cn1c(C2CCCC2)c(N)c(=O)n1Cc1ccccc1Br. The van der Waals surface area contributed by atoms with Crippen LogP contribution in [0, 0.1) is 0 Å². The van der Waals surface area contributed by atoms with Gasteiger partial charge in [0.05, 0.1) is 12.2 Å². The van der Waals surface area contributed by atoms with Crippen LogP contribution in [-0.4, -0.2) is 9.36 Å². The third kappa shape index (κ3) is 2.55. The van der Waals surface area contributed by atoms with Crippen LogP contribution in [0.1, 0.15) is 42.9 Å². The quantitative estimate of drug-likeness (QED) is 0.924. The average Bonchev–Trinajstić information content (AvgIpc) is 3.05. The van der Waals surface area contributed by atoms with Crippen molar-refractivity contribution in [2.45, 2.75) is 38.1 Å².